The molecule has 0 amide bonds. The van der Waals surface area contributed by atoms with Gasteiger partial charge in [0.05, 0.1) is 16.4 Å². The number of hydrogen-bond acceptors (Lipinski definition) is 29. The lowest BCUT2D eigenvalue weighted by atomic mass is 9.98. The molecule has 5 aromatic carbocycles. The molecule has 15 heterocycles. The Bertz CT molecular complexity index is 6250. The standard InChI is InChI=1S/C20H21FN2O4.C19H18ClFN2O4.C19H18F2N2O4.2C18H19FN4O4/c1-10-5-7-22-19-13(10)6-8-23(19)20-17(26)16(25)18(27-20)15(24)12-3-4-14(21)11(2)9-12;1-9-4-6-22-18-11(9)5-7-23(18)19-16(26)15(25)17(27-19)14(24)10-2-3-13(21)12(20)8-10;1-9-4-6-22-18-11(9)5-7-23(18)19-16(26)15(25)17(27-19)14(24)10-2-3-12(20)13(21)8-10;2*1-8-11-6-7-23(16(11)22-18(20)21-8)17-14(26)13(25)15(27-17)12(24)9-2-4-10(19)5-3-9/h3-9,15-18,20,24-26H,1-2H3;2*2-8,14-17,19,24-26H,1H3;2*2-7,12-15,17,24-26H,1H3,(H2,20,21,22). The zero-order valence-corrected chi connectivity index (χ0v) is 73.2. The number of pyridine rings is 3. The van der Waals surface area contributed by atoms with Crippen molar-refractivity contribution in [2.24, 2.45) is 0 Å². The van der Waals surface area contributed by atoms with Crippen LogP contribution >= 0.6 is 11.6 Å². The van der Waals surface area contributed by atoms with Gasteiger partial charge in [-0.25, -0.2) is 51.3 Å². The maximum absolute atomic E-state index is 13.5. The SMILES string of the molecule is Cc1cc(C(O)C2OC(n3ccc4c(C)ccnc43)C(O)C2O)ccc1F.Cc1ccnc2c1ccn2C1OC(C(O)c2ccc(F)c(Cl)c2)C(O)C1O.Cc1ccnc2c1ccn2C1OC(C(O)c2ccc(F)c(F)c2)C(O)C1O.Cc1nc(N)nc2c1ccn2C1OC(C(O)c2ccc(F)cc2)C(O)C1O.Cc1nc(N)nc2c1ccn2C1OC(C(O)c2ccc(F)cc2)C(O)C1O. The number of aliphatic hydroxyl groups is 15. The van der Waals surface area contributed by atoms with Crippen molar-refractivity contribution in [3.8, 4) is 0 Å². The molecule has 25 unspecified atom stereocenters. The van der Waals surface area contributed by atoms with E-state index in [9.17, 15) is 103 Å². The van der Waals surface area contributed by atoms with E-state index in [0.29, 0.717) is 61.9 Å². The molecule has 15 aromatic rings. The van der Waals surface area contributed by atoms with E-state index in [1.807, 2.05) is 57.2 Å². The second-order valence-corrected chi connectivity index (χ2v) is 34.0. The number of nitrogen functional groups attached to an aromatic ring is 2. The minimum Gasteiger partial charge on any atom is -0.387 e. The molecule has 135 heavy (non-hydrogen) atoms. The van der Waals surface area contributed by atoms with E-state index in [0.717, 1.165) is 61.8 Å². The third-order valence-electron chi connectivity index (χ3n) is 24.9. The lowest BCUT2D eigenvalue weighted by Gasteiger charge is -2.22. The zero-order valence-electron chi connectivity index (χ0n) is 72.4. The van der Waals surface area contributed by atoms with Gasteiger partial charge in [0.1, 0.15) is 174 Å². The summed E-state index contributed by atoms with van der Waals surface area (Å²) in [4.78, 5) is 29.5. The second kappa shape index (κ2) is 39.4. The van der Waals surface area contributed by atoms with E-state index >= 15 is 0 Å². The molecule has 5 aliphatic rings. The predicted octanol–water partition coefficient (Wildman–Crippen LogP) is 8.24. The number of ether oxygens (including phenoxy) is 5. The fraction of sp³-hybridized carbons (Fsp3) is 0.330. The molecule has 0 saturated carbocycles. The van der Waals surface area contributed by atoms with Crippen LogP contribution in [0.25, 0.3) is 55.2 Å². The molecule has 10 aromatic heterocycles. The first-order chi connectivity index (χ1) is 64.4. The van der Waals surface area contributed by atoms with Crippen molar-refractivity contribution >= 4 is 78.7 Å². The van der Waals surface area contributed by atoms with Crippen LogP contribution in [-0.4, -0.2) is 226 Å². The van der Waals surface area contributed by atoms with Crippen molar-refractivity contribution in [2.45, 2.75) is 195 Å². The molecule has 0 spiro atoms. The fourth-order valence-electron chi connectivity index (χ4n) is 17.4. The quantitative estimate of drug-likeness (QED) is 0.0429. The van der Waals surface area contributed by atoms with Crippen molar-refractivity contribution in [1.82, 2.24) is 57.7 Å². The van der Waals surface area contributed by atoms with Gasteiger partial charge >= 0.3 is 0 Å². The molecule has 20 rings (SSSR count). The van der Waals surface area contributed by atoms with Gasteiger partial charge in [-0.3, -0.25) is 0 Å². The topological polar surface area (TPSA) is 517 Å². The van der Waals surface area contributed by atoms with Crippen LogP contribution in [0.5, 0.6) is 0 Å². The number of aryl methyl sites for hydroxylation is 6. The first-order valence-corrected chi connectivity index (χ1v) is 42.9. The number of nitrogens with zero attached hydrogens (tertiary/aromatic N) is 12. The van der Waals surface area contributed by atoms with Gasteiger partial charge in [-0.15, -0.1) is 0 Å². The molecular weight excluding hydrogens is 1790 g/mol. The van der Waals surface area contributed by atoms with Crippen LogP contribution in [0.1, 0.15) is 123 Å². The lowest BCUT2D eigenvalue weighted by molar-refractivity contribution is -0.0849. The molecule has 34 nitrogen and oxygen atoms in total. The summed E-state index contributed by atoms with van der Waals surface area (Å²) in [5.41, 5.74) is 20.4. The summed E-state index contributed by atoms with van der Waals surface area (Å²) in [6, 6.07) is 36.0. The Balaban J connectivity index is 0.000000123. The van der Waals surface area contributed by atoms with Gasteiger partial charge < -0.3 is 135 Å². The monoisotopic (exact) mass is 1890 g/mol. The van der Waals surface area contributed by atoms with E-state index in [-0.39, 0.29) is 33.9 Å². The highest BCUT2D eigenvalue weighted by Gasteiger charge is 2.53. The number of nitrogens with two attached hydrogens (primary N) is 2. The molecule has 25 atom stereocenters. The number of benzene rings is 5. The normalized spacial score (nSPS) is 26.6. The third-order valence-corrected chi connectivity index (χ3v) is 25.2. The average Bonchev–Trinajstić information content (AvgIpc) is 1.63. The Labute approximate surface area is 768 Å². The van der Waals surface area contributed by atoms with Crippen LogP contribution in [-0.2, 0) is 23.7 Å². The van der Waals surface area contributed by atoms with Gasteiger partial charge in [0.15, 0.2) is 42.8 Å². The summed E-state index contributed by atoms with van der Waals surface area (Å²) < 4.78 is 117. The number of aliphatic hydroxyl groups excluding tert-OH is 15. The molecule has 5 saturated heterocycles. The average molecular weight is 1890 g/mol. The van der Waals surface area contributed by atoms with Crippen LogP contribution in [0, 0.1) is 76.4 Å². The van der Waals surface area contributed by atoms with Crippen molar-refractivity contribution in [3.05, 3.63) is 303 Å². The minimum atomic E-state index is -1.45. The molecule has 5 aliphatic heterocycles. The summed E-state index contributed by atoms with van der Waals surface area (Å²) in [7, 11) is 0. The predicted molar refractivity (Wildman–Crippen MR) is 473 cm³/mol. The Hall–Kier alpha value is -11.9. The number of fused-ring (bicyclic) bond motifs is 5. The van der Waals surface area contributed by atoms with Crippen LogP contribution in [0.15, 0.2) is 201 Å². The molecule has 41 heteroatoms. The first-order valence-electron chi connectivity index (χ1n) is 42.5. The highest BCUT2D eigenvalue weighted by molar-refractivity contribution is 6.30. The Kier molecular flexibility index (Phi) is 28.1. The molecule has 19 N–H and O–H groups in total. The lowest BCUT2D eigenvalue weighted by Crippen LogP contribution is -2.34. The van der Waals surface area contributed by atoms with Gasteiger partial charge in [0.2, 0.25) is 11.9 Å². The Morgan fingerprint density at radius 3 is 0.859 bits per heavy atom. The van der Waals surface area contributed by atoms with E-state index in [2.05, 4.69) is 34.9 Å². The largest absolute Gasteiger partial charge is 0.387 e. The van der Waals surface area contributed by atoms with Crippen molar-refractivity contribution in [3.63, 3.8) is 0 Å². The maximum atomic E-state index is 13.5. The Morgan fingerprint density at radius 1 is 0.289 bits per heavy atom. The van der Waals surface area contributed by atoms with Crippen molar-refractivity contribution < 1.29 is 127 Å². The Morgan fingerprint density at radius 2 is 0.556 bits per heavy atom. The summed E-state index contributed by atoms with van der Waals surface area (Å²) in [5, 5.41) is 161. The first kappa shape index (κ1) is 96.2. The molecule has 710 valence electrons. The minimum absolute atomic E-state index is 0.0390. The highest BCUT2D eigenvalue weighted by Crippen LogP contribution is 2.45. The van der Waals surface area contributed by atoms with Crippen molar-refractivity contribution in [1.29, 1.82) is 0 Å². The van der Waals surface area contributed by atoms with Gasteiger partial charge in [-0.1, -0.05) is 60.1 Å². The van der Waals surface area contributed by atoms with Gasteiger partial charge in [-0.05, 0) is 195 Å². The smallest absolute Gasteiger partial charge is 0.222 e. The van der Waals surface area contributed by atoms with E-state index in [1.165, 1.54) is 84.9 Å². The zero-order chi connectivity index (χ0) is 96.5. The van der Waals surface area contributed by atoms with Crippen LogP contribution in [0.4, 0.5) is 38.2 Å². The molecule has 0 aliphatic carbocycles. The summed E-state index contributed by atoms with van der Waals surface area (Å²) in [5.74, 6) is -3.88. The van der Waals surface area contributed by atoms with Gasteiger partial charge in [0.25, 0.3) is 0 Å². The number of anilines is 2. The van der Waals surface area contributed by atoms with E-state index < -0.39 is 182 Å². The number of aromatic nitrogens is 12. The van der Waals surface area contributed by atoms with Crippen molar-refractivity contribution in [2.75, 3.05) is 11.5 Å². The molecule has 0 radical (unpaired) electrons. The maximum Gasteiger partial charge on any atom is 0.222 e. The second-order valence-electron chi connectivity index (χ2n) is 33.6. The van der Waals surface area contributed by atoms with Gasteiger partial charge in [-0.2, -0.15) is 9.97 Å². The molecule has 5 fully saturated rings. The van der Waals surface area contributed by atoms with Crippen LogP contribution in [0.2, 0.25) is 5.02 Å². The number of hydrogen-bond donors (Lipinski definition) is 17. The summed E-state index contributed by atoms with van der Waals surface area (Å²) in [6.45, 7) is 11.0. The molecular formula is C94H95ClF6N14O20. The molecule has 0 bridgehead atoms. The third kappa shape index (κ3) is 18.8. The van der Waals surface area contributed by atoms with Gasteiger partial charge in [0, 0.05) is 76.5 Å². The highest BCUT2D eigenvalue weighted by atomic mass is 35.5. The summed E-state index contributed by atoms with van der Waals surface area (Å²) in [6.07, 6.45) is -16.7. The summed E-state index contributed by atoms with van der Waals surface area (Å²) >= 11 is 5.77. The number of halogens is 7. The van der Waals surface area contributed by atoms with E-state index in [1.54, 1.807) is 105 Å². The van der Waals surface area contributed by atoms with Crippen LogP contribution < -0.4 is 11.5 Å². The van der Waals surface area contributed by atoms with Crippen LogP contribution in [0.3, 0.4) is 0 Å². The number of rotatable bonds is 15. The van der Waals surface area contributed by atoms with E-state index in [4.69, 9.17) is 46.8 Å². The fourth-order valence-corrected chi connectivity index (χ4v) is 17.6.